The van der Waals surface area contributed by atoms with Gasteiger partial charge in [-0.1, -0.05) is 54.6 Å². The zero-order valence-electron chi connectivity index (χ0n) is 16.1. The molecular formula is C22H25N5S. The van der Waals surface area contributed by atoms with Gasteiger partial charge >= 0.3 is 0 Å². The molecule has 144 valence electrons. The number of thiazole rings is 1. The molecule has 1 saturated heterocycles. The average molecular weight is 392 g/mol. The van der Waals surface area contributed by atoms with E-state index in [9.17, 15) is 0 Å². The number of rotatable bonds is 6. The fraction of sp³-hybridized carbons (Fsp3) is 0.273. The Morgan fingerprint density at radius 2 is 1.79 bits per heavy atom. The summed E-state index contributed by atoms with van der Waals surface area (Å²) in [6.45, 7) is 5.45. The van der Waals surface area contributed by atoms with Crippen molar-refractivity contribution < 1.29 is 0 Å². The Morgan fingerprint density at radius 3 is 2.61 bits per heavy atom. The molecular weight excluding hydrogens is 366 g/mol. The first-order valence-corrected chi connectivity index (χ1v) is 10.4. The first-order chi connectivity index (χ1) is 13.8. The van der Waals surface area contributed by atoms with Gasteiger partial charge in [0.05, 0.1) is 11.9 Å². The Hall–Kier alpha value is -2.54. The van der Waals surface area contributed by atoms with Gasteiger partial charge in [0.15, 0.2) is 0 Å². The van der Waals surface area contributed by atoms with Gasteiger partial charge in [-0.15, -0.1) is 11.3 Å². The Bertz CT molecular complexity index is 913. The first-order valence-electron chi connectivity index (χ1n) is 9.57. The molecule has 1 aromatic heterocycles. The van der Waals surface area contributed by atoms with E-state index in [2.05, 4.69) is 74.1 Å². The van der Waals surface area contributed by atoms with E-state index >= 15 is 0 Å². The van der Waals surface area contributed by atoms with Crippen LogP contribution in [0.3, 0.4) is 0 Å². The normalized spacial score (nSPS) is 15.9. The zero-order chi connectivity index (χ0) is 19.2. The van der Waals surface area contributed by atoms with Crippen molar-refractivity contribution in [2.75, 3.05) is 38.7 Å². The van der Waals surface area contributed by atoms with Gasteiger partial charge in [-0.2, -0.15) is 5.10 Å². The van der Waals surface area contributed by atoms with Crippen LogP contribution in [0.2, 0.25) is 0 Å². The lowest BCUT2D eigenvalue weighted by Gasteiger charge is -2.32. The Balaban J connectivity index is 1.39. The summed E-state index contributed by atoms with van der Waals surface area (Å²) >= 11 is 1.56. The fourth-order valence-corrected chi connectivity index (χ4v) is 3.94. The van der Waals surface area contributed by atoms with E-state index in [1.165, 1.54) is 5.56 Å². The maximum atomic E-state index is 4.62. The monoisotopic (exact) mass is 391 g/mol. The first kappa shape index (κ1) is 18.8. The van der Waals surface area contributed by atoms with E-state index in [-0.39, 0.29) is 0 Å². The number of piperazine rings is 1. The van der Waals surface area contributed by atoms with Crippen LogP contribution in [0.15, 0.2) is 65.1 Å². The molecule has 0 aliphatic carbocycles. The molecule has 0 saturated carbocycles. The summed E-state index contributed by atoms with van der Waals surface area (Å²) in [6.07, 6.45) is 1.90. The highest BCUT2D eigenvalue weighted by molar-refractivity contribution is 7.14. The van der Waals surface area contributed by atoms with Gasteiger partial charge in [-0.25, -0.2) is 4.98 Å². The van der Waals surface area contributed by atoms with E-state index in [1.807, 2.05) is 24.4 Å². The highest BCUT2D eigenvalue weighted by Gasteiger charge is 2.14. The molecule has 2 aromatic carbocycles. The second-order valence-corrected chi connectivity index (χ2v) is 7.91. The minimum absolute atomic E-state index is 0.798. The number of aromatic nitrogens is 1. The van der Waals surface area contributed by atoms with Crippen LogP contribution < -0.4 is 5.43 Å². The molecule has 0 radical (unpaired) electrons. The lowest BCUT2D eigenvalue weighted by atomic mass is 10.1. The van der Waals surface area contributed by atoms with Gasteiger partial charge in [-0.05, 0) is 18.2 Å². The summed E-state index contributed by atoms with van der Waals surface area (Å²) in [5.74, 6) is 0. The predicted octanol–water partition coefficient (Wildman–Crippen LogP) is 4.00. The lowest BCUT2D eigenvalue weighted by Crippen LogP contribution is -2.44. The summed E-state index contributed by atoms with van der Waals surface area (Å²) in [6, 6.07) is 18.7. The standard InChI is InChI=1S/C22H25N5S/c1-26-11-13-27(14-12-26)16-20-10-6-5-9-19(20)15-23-25-22-24-21(17-28-22)18-7-3-2-4-8-18/h2-10,15,17H,11-14,16H2,1H3,(H,24,25). The molecule has 3 aromatic rings. The van der Waals surface area contributed by atoms with Crippen LogP contribution in [0, 0.1) is 0 Å². The van der Waals surface area contributed by atoms with E-state index in [4.69, 9.17) is 0 Å². The summed E-state index contributed by atoms with van der Waals surface area (Å²) in [5.41, 5.74) is 7.62. The highest BCUT2D eigenvalue weighted by Crippen LogP contribution is 2.24. The molecule has 1 aliphatic rings. The molecule has 6 heteroatoms. The van der Waals surface area contributed by atoms with Crippen molar-refractivity contribution in [3.8, 4) is 11.3 Å². The van der Waals surface area contributed by atoms with E-state index in [0.717, 1.165) is 54.7 Å². The Morgan fingerprint density at radius 1 is 1.04 bits per heavy atom. The van der Waals surface area contributed by atoms with Crippen molar-refractivity contribution in [2.45, 2.75) is 6.54 Å². The Kier molecular flexibility index (Phi) is 6.11. The number of nitrogens with one attached hydrogen (secondary N) is 1. The SMILES string of the molecule is CN1CCN(Cc2ccccc2C=NNc2nc(-c3ccccc3)cs2)CC1. The number of nitrogens with zero attached hydrogens (tertiary/aromatic N) is 4. The van der Waals surface area contributed by atoms with Crippen LogP contribution >= 0.6 is 11.3 Å². The summed E-state index contributed by atoms with van der Waals surface area (Å²) < 4.78 is 0. The van der Waals surface area contributed by atoms with Crippen LogP contribution in [-0.4, -0.2) is 54.2 Å². The molecule has 1 aliphatic heterocycles. The third-order valence-corrected chi connectivity index (χ3v) is 5.73. The van der Waals surface area contributed by atoms with Gasteiger partial charge in [0, 0.05) is 43.7 Å². The molecule has 1 N–H and O–H groups in total. The van der Waals surface area contributed by atoms with Crippen molar-refractivity contribution in [3.05, 3.63) is 71.1 Å². The maximum Gasteiger partial charge on any atom is 0.203 e. The van der Waals surface area contributed by atoms with Crippen molar-refractivity contribution in [3.63, 3.8) is 0 Å². The summed E-state index contributed by atoms with van der Waals surface area (Å²) in [4.78, 5) is 9.50. The predicted molar refractivity (Wildman–Crippen MR) is 118 cm³/mol. The zero-order valence-corrected chi connectivity index (χ0v) is 16.9. The van der Waals surface area contributed by atoms with E-state index in [1.54, 1.807) is 11.3 Å². The topological polar surface area (TPSA) is 43.8 Å². The molecule has 0 atom stereocenters. The molecule has 4 rings (SSSR count). The van der Waals surface area contributed by atoms with Crippen molar-refractivity contribution in [2.24, 2.45) is 5.10 Å². The number of hydrazone groups is 1. The summed E-state index contributed by atoms with van der Waals surface area (Å²) in [7, 11) is 2.19. The maximum absolute atomic E-state index is 4.62. The number of likely N-dealkylation sites (N-methyl/N-ethyl adjacent to an activating group) is 1. The quantitative estimate of drug-likeness (QED) is 0.509. The van der Waals surface area contributed by atoms with Gasteiger partial charge in [0.1, 0.15) is 0 Å². The number of hydrogen-bond acceptors (Lipinski definition) is 6. The largest absolute Gasteiger partial charge is 0.304 e. The van der Waals surface area contributed by atoms with Crippen molar-refractivity contribution >= 4 is 22.7 Å². The van der Waals surface area contributed by atoms with E-state index < -0.39 is 0 Å². The van der Waals surface area contributed by atoms with Crippen LogP contribution in [-0.2, 0) is 6.54 Å². The number of hydrogen-bond donors (Lipinski definition) is 1. The second kappa shape index (κ2) is 9.10. The molecule has 0 spiro atoms. The molecule has 0 amide bonds. The van der Waals surface area contributed by atoms with Crippen LogP contribution in [0.1, 0.15) is 11.1 Å². The van der Waals surface area contributed by atoms with Gasteiger partial charge < -0.3 is 4.90 Å². The van der Waals surface area contributed by atoms with Gasteiger partial charge in [0.2, 0.25) is 5.13 Å². The second-order valence-electron chi connectivity index (χ2n) is 7.05. The third-order valence-electron chi connectivity index (χ3n) is 4.98. The van der Waals surface area contributed by atoms with Crippen LogP contribution in [0.4, 0.5) is 5.13 Å². The van der Waals surface area contributed by atoms with Crippen LogP contribution in [0.25, 0.3) is 11.3 Å². The minimum atomic E-state index is 0.798. The lowest BCUT2D eigenvalue weighted by molar-refractivity contribution is 0.148. The molecule has 5 nitrogen and oxygen atoms in total. The van der Waals surface area contributed by atoms with Gasteiger partial charge in [0.25, 0.3) is 0 Å². The van der Waals surface area contributed by atoms with Crippen LogP contribution in [0.5, 0.6) is 0 Å². The Labute approximate surface area is 170 Å². The van der Waals surface area contributed by atoms with Gasteiger partial charge in [-0.3, -0.25) is 10.3 Å². The fourth-order valence-electron chi connectivity index (χ4n) is 3.27. The van der Waals surface area contributed by atoms with E-state index in [0.29, 0.717) is 0 Å². The summed E-state index contributed by atoms with van der Waals surface area (Å²) in [5, 5.41) is 7.28. The van der Waals surface area contributed by atoms with Crippen molar-refractivity contribution in [1.29, 1.82) is 0 Å². The molecule has 28 heavy (non-hydrogen) atoms. The number of anilines is 1. The molecule has 1 fully saturated rings. The smallest absolute Gasteiger partial charge is 0.203 e. The van der Waals surface area contributed by atoms with Crippen molar-refractivity contribution in [1.82, 2.24) is 14.8 Å². The highest BCUT2D eigenvalue weighted by atomic mass is 32.1. The average Bonchev–Trinajstić information content (AvgIpc) is 3.21. The minimum Gasteiger partial charge on any atom is -0.304 e. The molecule has 0 unspecified atom stereocenters. The molecule has 2 heterocycles. The third kappa shape index (κ3) is 4.84. The number of benzene rings is 2. The molecule has 0 bridgehead atoms.